The summed E-state index contributed by atoms with van der Waals surface area (Å²) in [6.45, 7) is 2.36. The van der Waals surface area contributed by atoms with Crippen molar-refractivity contribution in [2.45, 2.75) is 26.2 Å². The average Bonchev–Trinajstić information content (AvgIpc) is 3.01. The molecule has 0 saturated heterocycles. The van der Waals surface area contributed by atoms with Crippen molar-refractivity contribution in [2.24, 2.45) is 12.0 Å². The molecule has 0 aliphatic carbocycles. The zero-order chi connectivity index (χ0) is 19.0. The van der Waals surface area contributed by atoms with Crippen LogP contribution in [0, 0.1) is 0 Å². The molecule has 0 amide bonds. The van der Waals surface area contributed by atoms with Gasteiger partial charge in [0.05, 0.1) is 12.7 Å². The number of ether oxygens (including phenoxy) is 1. The van der Waals surface area contributed by atoms with Crippen LogP contribution >= 0.6 is 0 Å². The maximum atomic E-state index is 12.1. The smallest absolute Gasteiger partial charge is 0.422 e. The minimum Gasteiger partial charge on any atom is -0.484 e. The Hall–Kier alpha value is -2.71. The number of hydrogen-bond donors (Lipinski definition) is 2. The fourth-order valence-corrected chi connectivity index (χ4v) is 2.12. The Balaban J connectivity index is 1.87. The second kappa shape index (κ2) is 9.12. The van der Waals surface area contributed by atoms with E-state index in [1.807, 2.05) is 20.2 Å². The third-order valence-corrected chi connectivity index (χ3v) is 3.31. The molecule has 0 aliphatic heterocycles. The maximum Gasteiger partial charge on any atom is 0.422 e. The number of guanidine groups is 1. The number of nitrogens with one attached hydrogen (secondary N) is 2. The van der Waals surface area contributed by atoms with Crippen LogP contribution in [0.15, 0.2) is 41.7 Å². The Morgan fingerprint density at radius 1 is 1.19 bits per heavy atom. The topological polar surface area (TPSA) is 63.5 Å². The molecular formula is C17H22F3N5O. The normalized spacial score (nSPS) is 12.1. The number of hydrogen-bond acceptors (Lipinski definition) is 3. The van der Waals surface area contributed by atoms with Crippen LogP contribution in [0.1, 0.15) is 18.1 Å². The highest BCUT2D eigenvalue weighted by atomic mass is 19.4. The molecule has 1 heterocycles. The maximum absolute atomic E-state index is 12.1. The Labute approximate surface area is 150 Å². The van der Waals surface area contributed by atoms with E-state index in [0.717, 1.165) is 11.1 Å². The molecule has 142 valence electrons. The molecule has 1 aromatic heterocycles. The number of aromatic nitrogens is 2. The lowest BCUT2D eigenvalue weighted by Gasteiger charge is -2.12. The van der Waals surface area contributed by atoms with Gasteiger partial charge in [-0.3, -0.25) is 4.68 Å². The van der Waals surface area contributed by atoms with E-state index < -0.39 is 12.8 Å². The number of aryl methyl sites for hydroxylation is 1. The summed E-state index contributed by atoms with van der Waals surface area (Å²) in [5.74, 6) is 0.831. The number of halogens is 3. The second-order valence-electron chi connectivity index (χ2n) is 5.62. The summed E-state index contributed by atoms with van der Waals surface area (Å²) >= 11 is 0. The van der Waals surface area contributed by atoms with E-state index in [4.69, 9.17) is 0 Å². The van der Waals surface area contributed by atoms with Gasteiger partial charge in [-0.1, -0.05) is 12.1 Å². The Kier molecular flexibility index (Phi) is 6.88. The fraction of sp³-hybridized carbons (Fsp3) is 0.412. The third-order valence-electron chi connectivity index (χ3n) is 3.31. The molecule has 0 saturated carbocycles. The number of nitrogens with zero attached hydrogens (tertiary/aromatic N) is 3. The molecule has 0 spiro atoms. The van der Waals surface area contributed by atoms with Crippen molar-refractivity contribution in [3.05, 3.63) is 47.8 Å². The van der Waals surface area contributed by atoms with Crippen molar-refractivity contribution in [1.82, 2.24) is 20.4 Å². The van der Waals surface area contributed by atoms with Crippen LogP contribution in [0.2, 0.25) is 0 Å². The van der Waals surface area contributed by atoms with Crippen LogP contribution in [0.3, 0.4) is 0 Å². The quantitative estimate of drug-likeness (QED) is 0.582. The highest BCUT2D eigenvalue weighted by molar-refractivity contribution is 5.79. The van der Waals surface area contributed by atoms with E-state index >= 15 is 0 Å². The second-order valence-corrected chi connectivity index (χ2v) is 5.62. The van der Waals surface area contributed by atoms with E-state index in [1.54, 1.807) is 23.0 Å². The molecule has 0 aliphatic rings. The van der Waals surface area contributed by atoms with Gasteiger partial charge in [-0.15, -0.1) is 0 Å². The van der Waals surface area contributed by atoms with Crippen LogP contribution < -0.4 is 15.4 Å². The summed E-state index contributed by atoms with van der Waals surface area (Å²) in [5.41, 5.74) is 1.90. The van der Waals surface area contributed by atoms with Gasteiger partial charge < -0.3 is 15.4 Å². The van der Waals surface area contributed by atoms with Crippen LogP contribution in [0.5, 0.6) is 5.75 Å². The van der Waals surface area contributed by atoms with E-state index in [0.29, 0.717) is 25.6 Å². The van der Waals surface area contributed by atoms with Crippen molar-refractivity contribution < 1.29 is 17.9 Å². The number of aliphatic imine (C=N–C) groups is 1. The van der Waals surface area contributed by atoms with Crippen molar-refractivity contribution in [3.8, 4) is 5.75 Å². The van der Waals surface area contributed by atoms with Gasteiger partial charge in [0.25, 0.3) is 0 Å². The molecule has 0 bridgehead atoms. The fourth-order valence-electron chi connectivity index (χ4n) is 2.12. The summed E-state index contributed by atoms with van der Waals surface area (Å²) in [7, 11) is 1.85. The van der Waals surface area contributed by atoms with Crippen molar-refractivity contribution in [1.29, 1.82) is 0 Å². The summed E-state index contributed by atoms with van der Waals surface area (Å²) in [5, 5.41) is 10.4. The van der Waals surface area contributed by atoms with Crippen LogP contribution in [-0.2, 0) is 20.1 Å². The number of rotatable bonds is 7. The molecular weight excluding hydrogens is 347 g/mol. The van der Waals surface area contributed by atoms with Gasteiger partial charge in [0.2, 0.25) is 0 Å². The van der Waals surface area contributed by atoms with Crippen molar-refractivity contribution in [3.63, 3.8) is 0 Å². The van der Waals surface area contributed by atoms with Gasteiger partial charge in [-0.2, -0.15) is 18.3 Å². The van der Waals surface area contributed by atoms with Gasteiger partial charge in [-0.25, -0.2) is 4.99 Å². The average molecular weight is 369 g/mol. The summed E-state index contributed by atoms with van der Waals surface area (Å²) in [4.78, 5) is 4.48. The number of benzene rings is 1. The van der Waals surface area contributed by atoms with E-state index in [2.05, 4.69) is 25.5 Å². The van der Waals surface area contributed by atoms with Gasteiger partial charge in [-0.05, 0) is 24.6 Å². The minimum absolute atomic E-state index is 0.184. The van der Waals surface area contributed by atoms with E-state index in [9.17, 15) is 13.2 Å². The molecule has 0 atom stereocenters. The highest BCUT2D eigenvalue weighted by Crippen LogP contribution is 2.18. The molecule has 0 radical (unpaired) electrons. The monoisotopic (exact) mass is 369 g/mol. The molecule has 0 unspecified atom stereocenters. The summed E-state index contributed by atoms with van der Waals surface area (Å²) in [6, 6.07) is 6.46. The minimum atomic E-state index is -4.34. The van der Waals surface area contributed by atoms with E-state index in [-0.39, 0.29) is 5.75 Å². The van der Waals surface area contributed by atoms with Gasteiger partial charge in [0.1, 0.15) is 5.75 Å². The lowest BCUT2D eigenvalue weighted by Crippen LogP contribution is -2.36. The van der Waals surface area contributed by atoms with Gasteiger partial charge in [0, 0.05) is 31.9 Å². The molecule has 9 heteroatoms. The number of alkyl halides is 3. The highest BCUT2D eigenvalue weighted by Gasteiger charge is 2.28. The first-order valence-corrected chi connectivity index (χ1v) is 8.14. The molecule has 0 fully saturated rings. The SMILES string of the molecule is CCNC(=NCc1cnn(C)c1)NCc1ccc(OCC(F)(F)F)cc1. The lowest BCUT2D eigenvalue weighted by molar-refractivity contribution is -0.153. The Morgan fingerprint density at radius 3 is 2.50 bits per heavy atom. The first-order valence-electron chi connectivity index (χ1n) is 8.14. The van der Waals surface area contributed by atoms with Crippen molar-refractivity contribution >= 4 is 5.96 Å². The largest absolute Gasteiger partial charge is 0.484 e. The van der Waals surface area contributed by atoms with Gasteiger partial charge in [0.15, 0.2) is 12.6 Å². The predicted molar refractivity (Wildman–Crippen MR) is 92.9 cm³/mol. The zero-order valence-corrected chi connectivity index (χ0v) is 14.7. The molecule has 2 rings (SSSR count). The molecule has 1 aromatic carbocycles. The summed E-state index contributed by atoms with van der Waals surface area (Å²) in [6.07, 6.45) is -0.689. The zero-order valence-electron chi connectivity index (χ0n) is 14.7. The van der Waals surface area contributed by atoms with Gasteiger partial charge >= 0.3 is 6.18 Å². The molecule has 26 heavy (non-hydrogen) atoms. The molecule has 6 nitrogen and oxygen atoms in total. The third kappa shape index (κ3) is 7.04. The van der Waals surface area contributed by atoms with Crippen molar-refractivity contribution in [2.75, 3.05) is 13.2 Å². The first kappa shape index (κ1) is 19.6. The van der Waals surface area contributed by atoms with Crippen LogP contribution in [-0.4, -0.2) is 35.1 Å². The Bertz CT molecular complexity index is 710. The lowest BCUT2D eigenvalue weighted by atomic mass is 10.2. The van der Waals surface area contributed by atoms with E-state index in [1.165, 1.54) is 12.1 Å². The standard InChI is InChI=1S/C17H22F3N5O/c1-3-21-16(23-9-14-10-24-25(2)11-14)22-8-13-4-6-15(7-5-13)26-12-17(18,19)20/h4-7,10-11H,3,8-9,12H2,1-2H3,(H2,21,22,23). The summed E-state index contributed by atoms with van der Waals surface area (Å²) < 4.78 is 42.8. The molecule has 2 N–H and O–H groups in total. The first-order chi connectivity index (χ1) is 12.4. The van der Waals surface area contributed by atoms with Crippen LogP contribution in [0.4, 0.5) is 13.2 Å². The molecule has 2 aromatic rings. The predicted octanol–water partition coefficient (Wildman–Crippen LogP) is 2.62. The van der Waals surface area contributed by atoms with Crippen LogP contribution in [0.25, 0.3) is 0 Å². The Morgan fingerprint density at radius 2 is 1.92 bits per heavy atom.